The van der Waals surface area contributed by atoms with Crippen molar-refractivity contribution in [3.05, 3.63) is 107 Å². The maximum atomic E-state index is 13.2. The number of carbonyl (C=O) groups excluding carboxylic acids is 1. The van der Waals surface area contributed by atoms with Gasteiger partial charge in [0.05, 0.1) is 19.8 Å². The van der Waals surface area contributed by atoms with Gasteiger partial charge in [-0.05, 0) is 46.7 Å². The largest absolute Gasteiger partial charge is 0.454 e. The van der Waals surface area contributed by atoms with E-state index in [0.29, 0.717) is 50.0 Å². The molecule has 4 aromatic rings. The first-order chi connectivity index (χ1) is 17.8. The van der Waals surface area contributed by atoms with Gasteiger partial charge in [0.2, 0.25) is 6.79 Å². The molecule has 1 N–H and O–H groups in total. The minimum Gasteiger partial charge on any atom is -0.454 e. The molecule has 1 aliphatic heterocycles. The van der Waals surface area contributed by atoms with E-state index in [4.69, 9.17) is 18.9 Å². The molecule has 36 heavy (non-hydrogen) atoms. The SMILES string of the molecule is O=C(NCCCOCc1ccccc1)c1cc2ccc3c(c2cc1COCc1ccccc1)OCO3. The van der Waals surface area contributed by atoms with Gasteiger partial charge in [-0.2, -0.15) is 0 Å². The fourth-order valence-corrected chi connectivity index (χ4v) is 4.20. The van der Waals surface area contributed by atoms with Gasteiger partial charge >= 0.3 is 0 Å². The monoisotopic (exact) mass is 483 g/mol. The number of fused-ring (bicyclic) bond motifs is 3. The molecule has 0 atom stereocenters. The lowest BCUT2D eigenvalue weighted by molar-refractivity contribution is 0.0912. The molecule has 0 radical (unpaired) electrons. The van der Waals surface area contributed by atoms with Gasteiger partial charge in [-0.15, -0.1) is 0 Å². The molecule has 0 aromatic heterocycles. The van der Waals surface area contributed by atoms with Gasteiger partial charge in [0.1, 0.15) is 0 Å². The van der Waals surface area contributed by atoms with Gasteiger partial charge in [-0.25, -0.2) is 0 Å². The zero-order valence-electron chi connectivity index (χ0n) is 20.1. The molecule has 0 fully saturated rings. The smallest absolute Gasteiger partial charge is 0.251 e. The molecule has 1 amide bonds. The van der Waals surface area contributed by atoms with Gasteiger partial charge in [-0.1, -0.05) is 66.7 Å². The second-order valence-corrected chi connectivity index (χ2v) is 8.66. The van der Waals surface area contributed by atoms with E-state index in [0.717, 1.165) is 33.9 Å². The van der Waals surface area contributed by atoms with Crippen LogP contribution in [0.5, 0.6) is 11.5 Å². The minimum absolute atomic E-state index is 0.129. The van der Waals surface area contributed by atoms with Crippen LogP contribution in [0.25, 0.3) is 10.8 Å². The van der Waals surface area contributed by atoms with Crippen LogP contribution in [0.3, 0.4) is 0 Å². The maximum absolute atomic E-state index is 13.2. The zero-order chi connectivity index (χ0) is 24.6. The van der Waals surface area contributed by atoms with Crippen molar-refractivity contribution in [2.45, 2.75) is 26.2 Å². The normalized spacial score (nSPS) is 12.1. The number of amides is 1. The Kier molecular flexibility index (Phi) is 7.76. The third kappa shape index (κ3) is 5.85. The van der Waals surface area contributed by atoms with Gasteiger partial charge < -0.3 is 24.3 Å². The van der Waals surface area contributed by atoms with Crippen molar-refractivity contribution in [1.29, 1.82) is 0 Å². The molecule has 0 aliphatic carbocycles. The minimum atomic E-state index is -0.129. The summed E-state index contributed by atoms with van der Waals surface area (Å²) in [6.07, 6.45) is 0.727. The molecule has 6 heteroatoms. The first kappa shape index (κ1) is 23.9. The Morgan fingerprint density at radius 3 is 2.28 bits per heavy atom. The van der Waals surface area contributed by atoms with Crippen LogP contribution < -0.4 is 14.8 Å². The van der Waals surface area contributed by atoms with E-state index >= 15 is 0 Å². The first-order valence-electron chi connectivity index (χ1n) is 12.1. The number of ether oxygens (including phenoxy) is 4. The molecule has 1 aliphatic rings. The zero-order valence-corrected chi connectivity index (χ0v) is 20.1. The van der Waals surface area contributed by atoms with E-state index in [-0.39, 0.29) is 12.7 Å². The maximum Gasteiger partial charge on any atom is 0.251 e. The second kappa shape index (κ2) is 11.7. The predicted molar refractivity (Wildman–Crippen MR) is 138 cm³/mol. The van der Waals surface area contributed by atoms with Gasteiger partial charge in [0, 0.05) is 24.1 Å². The fourth-order valence-electron chi connectivity index (χ4n) is 4.20. The molecule has 184 valence electrons. The second-order valence-electron chi connectivity index (χ2n) is 8.66. The van der Waals surface area contributed by atoms with E-state index in [2.05, 4.69) is 5.32 Å². The van der Waals surface area contributed by atoms with Gasteiger partial charge in [0.25, 0.3) is 5.91 Å². The third-order valence-corrected chi connectivity index (χ3v) is 6.05. The number of benzene rings is 4. The summed E-state index contributed by atoms with van der Waals surface area (Å²) in [6, 6.07) is 27.7. The van der Waals surface area contributed by atoms with Crippen LogP contribution >= 0.6 is 0 Å². The Balaban J connectivity index is 1.24. The number of rotatable bonds is 11. The van der Waals surface area contributed by atoms with E-state index in [1.807, 2.05) is 84.9 Å². The lowest BCUT2D eigenvalue weighted by Gasteiger charge is -2.14. The highest BCUT2D eigenvalue weighted by molar-refractivity contribution is 6.02. The first-order valence-corrected chi connectivity index (χ1v) is 12.1. The van der Waals surface area contributed by atoms with Crippen LogP contribution in [0.15, 0.2) is 84.9 Å². The Bertz CT molecular complexity index is 1310. The van der Waals surface area contributed by atoms with Crippen molar-refractivity contribution >= 4 is 16.7 Å². The lowest BCUT2D eigenvalue weighted by atomic mass is 9.99. The molecule has 0 saturated heterocycles. The Morgan fingerprint density at radius 1 is 0.806 bits per heavy atom. The number of hydrogen-bond acceptors (Lipinski definition) is 5. The number of nitrogens with one attached hydrogen (secondary N) is 1. The van der Waals surface area contributed by atoms with E-state index in [1.54, 1.807) is 0 Å². The molecule has 1 heterocycles. The summed E-state index contributed by atoms with van der Waals surface area (Å²) in [5, 5.41) is 4.86. The topological polar surface area (TPSA) is 66.0 Å². The van der Waals surface area contributed by atoms with E-state index < -0.39 is 0 Å². The number of hydrogen-bond donors (Lipinski definition) is 1. The molecule has 5 rings (SSSR count). The summed E-state index contributed by atoms with van der Waals surface area (Å²) in [4.78, 5) is 13.2. The van der Waals surface area contributed by atoms with Crippen LogP contribution in [-0.4, -0.2) is 25.9 Å². The Morgan fingerprint density at radius 2 is 1.53 bits per heavy atom. The summed E-state index contributed by atoms with van der Waals surface area (Å²) in [5.41, 5.74) is 3.62. The highest BCUT2D eigenvalue weighted by Gasteiger charge is 2.20. The van der Waals surface area contributed by atoms with Crippen LogP contribution in [0, 0.1) is 0 Å². The molecule has 0 spiro atoms. The van der Waals surface area contributed by atoms with Crippen molar-refractivity contribution in [1.82, 2.24) is 5.32 Å². The van der Waals surface area contributed by atoms with Gasteiger partial charge in [0.15, 0.2) is 11.5 Å². The van der Waals surface area contributed by atoms with Crippen molar-refractivity contribution in [3.63, 3.8) is 0 Å². The van der Waals surface area contributed by atoms with Gasteiger partial charge in [-0.3, -0.25) is 4.79 Å². The Hall–Kier alpha value is -3.87. The summed E-state index contributed by atoms with van der Waals surface area (Å²) >= 11 is 0. The van der Waals surface area contributed by atoms with Crippen LogP contribution in [0.4, 0.5) is 0 Å². The van der Waals surface area contributed by atoms with Crippen molar-refractivity contribution < 1.29 is 23.7 Å². The average Bonchev–Trinajstić information content (AvgIpc) is 3.41. The van der Waals surface area contributed by atoms with Crippen molar-refractivity contribution in [2.75, 3.05) is 19.9 Å². The van der Waals surface area contributed by atoms with E-state index in [1.165, 1.54) is 0 Å². The lowest BCUT2D eigenvalue weighted by Crippen LogP contribution is -2.26. The summed E-state index contributed by atoms with van der Waals surface area (Å²) in [6.45, 7) is 2.63. The van der Waals surface area contributed by atoms with E-state index in [9.17, 15) is 4.79 Å². The number of carbonyl (C=O) groups is 1. The highest BCUT2D eigenvalue weighted by Crippen LogP contribution is 2.40. The fraction of sp³-hybridized carbons (Fsp3) is 0.233. The summed E-state index contributed by atoms with van der Waals surface area (Å²) in [5.74, 6) is 1.29. The quantitative estimate of drug-likeness (QED) is 0.281. The molecule has 0 bridgehead atoms. The molecular weight excluding hydrogens is 454 g/mol. The molecule has 6 nitrogen and oxygen atoms in total. The standard InChI is InChI=1S/C30H29NO5/c32-30(31-14-7-15-33-18-22-8-3-1-4-9-22)27-16-24-12-13-28-29(36-21-35-28)26(24)17-25(27)20-34-19-23-10-5-2-6-11-23/h1-6,8-13,16-17H,7,14-15,18-21H2,(H,31,32). The molecule has 0 unspecified atom stereocenters. The Labute approximate surface area is 210 Å². The molecular formula is C30H29NO5. The summed E-state index contributed by atoms with van der Waals surface area (Å²) < 4.78 is 23.0. The average molecular weight is 484 g/mol. The molecule has 4 aromatic carbocycles. The van der Waals surface area contributed by atoms with Crippen molar-refractivity contribution in [2.24, 2.45) is 0 Å². The van der Waals surface area contributed by atoms with Crippen LogP contribution in [-0.2, 0) is 29.3 Å². The molecule has 0 saturated carbocycles. The van der Waals surface area contributed by atoms with Crippen molar-refractivity contribution in [3.8, 4) is 11.5 Å². The van der Waals surface area contributed by atoms with Crippen LogP contribution in [0.2, 0.25) is 0 Å². The third-order valence-electron chi connectivity index (χ3n) is 6.05. The summed E-state index contributed by atoms with van der Waals surface area (Å²) in [7, 11) is 0. The van der Waals surface area contributed by atoms with Crippen LogP contribution in [0.1, 0.15) is 33.5 Å². The predicted octanol–water partition coefficient (Wildman–Crippen LogP) is 5.62. The highest BCUT2D eigenvalue weighted by atomic mass is 16.7.